The largest absolute Gasteiger partial charge is 0.331 e. The zero-order chi connectivity index (χ0) is 15.9. The number of carbonyl (C=O) groups excluding carboxylic acids is 1. The van der Waals surface area contributed by atoms with Crippen molar-refractivity contribution in [1.82, 2.24) is 15.1 Å². The summed E-state index contributed by atoms with van der Waals surface area (Å²) >= 11 is 0. The Morgan fingerprint density at radius 1 is 1.32 bits per heavy atom. The number of urea groups is 1. The van der Waals surface area contributed by atoms with Gasteiger partial charge in [0.1, 0.15) is 0 Å². The van der Waals surface area contributed by atoms with Gasteiger partial charge in [-0.15, -0.1) is 0 Å². The lowest BCUT2D eigenvalue weighted by Gasteiger charge is -2.39. The molecule has 2 aliphatic rings. The Bertz CT molecular complexity index is 574. The van der Waals surface area contributed by atoms with Gasteiger partial charge in [-0.1, -0.05) is 23.8 Å². The predicted octanol–water partition coefficient (Wildman–Crippen LogP) is 2.67. The first-order chi connectivity index (χ1) is 10.4. The molecule has 4 nitrogen and oxygen atoms in total. The Morgan fingerprint density at radius 2 is 2.00 bits per heavy atom. The maximum absolute atomic E-state index is 12.1. The molecule has 0 aromatic heterocycles. The Balaban J connectivity index is 1.92. The molecule has 1 aromatic carbocycles. The molecule has 1 fully saturated rings. The van der Waals surface area contributed by atoms with Crippen molar-refractivity contribution in [1.29, 1.82) is 0 Å². The standard InChI is InChI=1S/C18H27N3O/c1-13-5-6-15-14(11-13)16(19-17(22)20(2)3)12-18(15)7-9-21(4)10-8-18/h5-6,11,16H,7-10,12H2,1-4H3,(H,19,22)/t16-/m1/s1. The lowest BCUT2D eigenvalue weighted by atomic mass is 9.73. The van der Waals surface area contributed by atoms with E-state index in [1.165, 1.54) is 29.5 Å². The Kier molecular flexibility index (Phi) is 3.89. The van der Waals surface area contributed by atoms with E-state index in [2.05, 4.69) is 42.4 Å². The fraction of sp³-hybridized carbons (Fsp3) is 0.611. The molecule has 0 radical (unpaired) electrons. The van der Waals surface area contributed by atoms with Gasteiger partial charge in [0.2, 0.25) is 0 Å². The number of amides is 2. The first-order valence-electron chi connectivity index (χ1n) is 8.19. The van der Waals surface area contributed by atoms with Gasteiger partial charge in [-0.25, -0.2) is 4.79 Å². The first-order valence-corrected chi connectivity index (χ1v) is 8.19. The van der Waals surface area contributed by atoms with E-state index >= 15 is 0 Å². The molecule has 1 N–H and O–H groups in total. The van der Waals surface area contributed by atoms with Crippen LogP contribution in [0.15, 0.2) is 18.2 Å². The van der Waals surface area contributed by atoms with Crippen molar-refractivity contribution in [2.45, 2.75) is 37.6 Å². The Morgan fingerprint density at radius 3 is 2.64 bits per heavy atom. The summed E-state index contributed by atoms with van der Waals surface area (Å²) in [6.07, 6.45) is 3.42. The van der Waals surface area contributed by atoms with Gasteiger partial charge in [0.05, 0.1) is 6.04 Å². The normalized spacial score (nSPS) is 23.4. The molecule has 22 heavy (non-hydrogen) atoms. The maximum Gasteiger partial charge on any atom is 0.317 e. The SMILES string of the molecule is Cc1ccc2c(c1)[C@H](NC(=O)N(C)C)CC21CCN(C)CC1. The smallest absolute Gasteiger partial charge is 0.317 e. The van der Waals surface area contributed by atoms with E-state index in [9.17, 15) is 4.79 Å². The van der Waals surface area contributed by atoms with Crippen LogP contribution in [-0.2, 0) is 5.41 Å². The molecular formula is C18H27N3O. The number of aryl methyl sites for hydroxylation is 1. The molecule has 2 amide bonds. The molecule has 3 rings (SSSR count). The van der Waals surface area contributed by atoms with Gasteiger partial charge in [0.25, 0.3) is 0 Å². The van der Waals surface area contributed by atoms with Gasteiger partial charge in [-0.3, -0.25) is 0 Å². The third kappa shape index (κ3) is 2.60. The third-order valence-electron chi connectivity index (χ3n) is 5.40. The van der Waals surface area contributed by atoms with Crippen molar-refractivity contribution in [3.05, 3.63) is 34.9 Å². The number of hydrogen-bond donors (Lipinski definition) is 1. The van der Waals surface area contributed by atoms with Crippen LogP contribution in [0.4, 0.5) is 4.79 Å². The number of hydrogen-bond acceptors (Lipinski definition) is 2. The van der Waals surface area contributed by atoms with E-state index in [0.29, 0.717) is 0 Å². The number of rotatable bonds is 1. The van der Waals surface area contributed by atoms with E-state index in [0.717, 1.165) is 19.5 Å². The monoisotopic (exact) mass is 301 g/mol. The van der Waals surface area contributed by atoms with E-state index in [1.54, 1.807) is 19.0 Å². The summed E-state index contributed by atoms with van der Waals surface area (Å²) < 4.78 is 0. The Labute approximate surface area is 133 Å². The summed E-state index contributed by atoms with van der Waals surface area (Å²) in [5, 5.41) is 3.22. The highest BCUT2D eigenvalue weighted by Gasteiger charge is 2.45. The third-order valence-corrected chi connectivity index (χ3v) is 5.40. The molecule has 1 heterocycles. The number of carbonyl (C=O) groups is 1. The molecule has 1 aliphatic heterocycles. The minimum absolute atomic E-state index is 0.00225. The fourth-order valence-electron chi connectivity index (χ4n) is 3.99. The van der Waals surface area contributed by atoms with Crippen LogP contribution in [0.2, 0.25) is 0 Å². The van der Waals surface area contributed by atoms with E-state index in [4.69, 9.17) is 0 Å². The average molecular weight is 301 g/mol. The lowest BCUT2D eigenvalue weighted by molar-refractivity contribution is 0.176. The molecule has 0 bridgehead atoms. The second-order valence-electron chi connectivity index (χ2n) is 7.27. The minimum atomic E-state index is 0.00225. The number of likely N-dealkylation sites (tertiary alicyclic amines) is 1. The van der Waals surface area contributed by atoms with E-state index in [1.807, 2.05) is 0 Å². The molecule has 1 aromatic rings. The summed E-state index contributed by atoms with van der Waals surface area (Å²) in [4.78, 5) is 16.2. The second kappa shape index (κ2) is 5.58. The highest BCUT2D eigenvalue weighted by Crippen LogP contribution is 2.50. The Hall–Kier alpha value is -1.55. The number of nitrogens with zero attached hydrogens (tertiary/aromatic N) is 2. The summed E-state index contributed by atoms with van der Waals surface area (Å²) in [6, 6.07) is 6.94. The molecular weight excluding hydrogens is 274 g/mol. The summed E-state index contributed by atoms with van der Waals surface area (Å²) in [5.74, 6) is 0. The molecule has 1 saturated heterocycles. The first kappa shape index (κ1) is 15.3. The summed E-state index contributed by atoms with van der Waals surface area (Å²) in [5.41, 5.74) is 4.32. The highest BCUT2D eigenvalue weighted by molar-refractivity contribution is 5.74. The zero-order valence-electron chi connectivity index (χ0n) is 14.1. The van der Waals surface area contributed by atoms with E-state index < -0.39 is 0 Å². The van der Waals surface area contributed by atoms with Gasteiger partial charge in [0, 0.05) is 19.5 Å². The van der Waals surface area contributed by atoms with E-state index in [-0.39, 0.29) is 17.5 Å². The second-order valence-corrected chi connectivity index (χ2v) is 7.27. The minimum Gasteiger partial charge on any atom is -0.331 e. The van der Waals surface area contributed by atoms with Crippen molar-refractivity contribution in [3.8, 4) is 0 Å². The quantitative estimate of drug-likeness (QED) is 0.865. The molecule has 0 saturated carbocycles. The van der Waals surface area contributed by atoms with Crippen molar-refractivity contribution in [2.75, 3.05) is 34.2 Å². The lowest BCUT2D eigenvalue weighted by Crippen LogP contribution is -2.41. The van der Waals surface area contributed by atoms with Crippen molar-refractivity contribution in [3.63, 3.8) is 0 Å². The molecule has 1 spiro atoms. The van der Waals surface area contributed by atoms with Crippen LogP contribution in [0.25, 0.3) is 0 Å². The van der Waals surface area contributed by atoms with Crippen LogP contribution in [0, 0.1) is 6.92 Å². The zero-order valence-corrected chi connectivity index (χ0v) is 14.1. The van der Waals surface area contributed by atoms with Crippen molar-refractivity contribution < 1.29 is 4.79 Å². The van der Waals surface area contributed by atoms with Crippen LogP contribution in [0.1, 0.15) is 42.0 Å². The van der Waals surface area contributed by atoms with Crippen LogP contribution in [-0.4, -0.2) is 50.1 Å². The fourth-order valence-corrected chi connectivity index (χ4v) is 3.99. The highest BCUT2D eigenvalue weighted by atomic mass is 16.2. The van der Waals surface area contributed by atoms with Gasteiger partial charge in [-0.05, 0) is 57.5 Å². The van der Waals surface area contributed by atoms with Crippen LogP contribution < -0.4 is 5.32 Å². The van der Waals surface area contributed by atoms with Crippen LogP contribution >= 0.6 is 0 Å². The predicted molar refractivity (Wildman–Crippen MR) is 89.2 cm³/mol. The topological polar surface area (TPSA) is 35.6 Å². The number of piperidine rings is 1. The van der Waals surface area contributed by atoms with Gasteiger partial charge in [-0.2, -0.15) is 0 Å². The van der Waals surface area contributed by atoms with Crippen LogP contribution in [0.3, 0.4) is 0 Å². The summed E-state index contributed by atoms with van der Waals surface area (Å²) in [7, 11) is 5.79. The number of fused-ring (bicyclic) bond motifs is 2. The number of benzene rings is 1. The van der Waals surface area contributed by atoms with Crippen molar-refractivity contribution in [2.24, 2.45) is 0 Å². The van der Waals surface area contributed by atoms with Gasteiger partial charge < -0.3 is 15.1 Å². The van der Waals surface area contributed by atoms with Crippen molar-refractivity contribution >= 4 is 6.03 Å². The van der Waals surface area contributed by atoms with Gasteiger partial charge >= 0.3 is 6.03 Å². The molecule has 4 heteroatoms. The average Bonchev–Trinajstić information content (AvgIpc) is 2.76. The molecule has 1 atom stereocenters. The van der Waals surface area contributed by atoms with Crippen LogP contribution in [0.5, 0.6) is 0 Å². The van der Waals surface area contributed by atoms with Gasteiger partial charge in [0.15, 0.2) is 0 Å². The summed E-state index contributed by atoms with van der Waals surface area (Å²) in [6.45, 7) is 4.41. The molecule has 1 aliphatic carbocycles. The molecule has 120 valence electrons. The number of nitrogens with one attached hydrogen (secondary N) is 1. The maximum atomic E-state index is 12.1. The molecule has 0 unspecified atom stereocenters.